The molecule has 0 saturated carbocycles. The van der Waals surface area contributed by atoms with Gasteiger partial charge >= 0.3 is 0 Å². The van der Waals surface area contributed by atoms with E-state index in [4.69, 9.17) is 11.6 Å². The number of nitrogens with one attached hydrogen (secondary N) is 1. The maximum Gasteiger partial charge on any atom is 0.295 e. The Kier molecular flexibility index (Phi) is 9.56. The summed E-state index contributed by atoms with van der Waals surface area (Å²) >= 11 is 6.08. The van der Waals surface area contributed by atoms with Crippen LogP contribution in [-0.4, -0.2) is 34.7 Å². The average molecular weight is 467 g/mol. The van der Waals surface area contributed by atoms with Gasteiger partial charge in [0.15, 0.2) is 0 Å². The number of nitrogens with zero attached hydrogens (tertiary/aromatic N) is 1. The molecule has 2 aromatic carbocycles. The molecule has 0 radical (unpaired) electrons. The number of unbranched alkanes of at least 4 members (excludes halogenated alkanes) is 6. The van der Waals surface area contributed by atoms with E-state index in [0.29, 0.717) is 29.4 Å². The number of amides is 1. The number of carbonyl (C=O) groups is 2. The first kappa shape index (κ1) is 25.0. The number of carbonyl (C=O) groups excluding carboxylic acids is 2. The van der Waals surface area contributed by atoms with Gasteiger partial charge in [0.05, 0.1) is 11.3 Å². The van der Waals surface area contributed by atoms with Gasteiger partial charge in [0.1, 0.15) is 0 Å². The van der Waals surface area contributed by atoms with E-state index in [1.165, 1.54) is 0 Å². The van der Waals surface area contributed by atoms with Gasteiger partial charge in [-0.1, -0.05) is 94.3 Å². The predicted molar refractivity (Wildman–Crippen MR) is 138 cm³/mol. The van der Waals surface area contributed by atoms with Crippen LogP contribution < -0.4 is 0 Å². The van der Waals surface area contributed by atoms with Crippen LogP contribution in [-0.2, 0) is 4.79 Å². The molecule has 1 amide bonds. The van der Waals surface area contributed by atoms with Crippen LogP contribution in [0.5, 0.6) is 0 Å². The lowest BCUT2D eigenvalue weighted by Gasteiger charge is -2.22. The number of hydrogen-bond acceptors (Lipinski definition) is 2. The van der Waals surface area contributed by atoms with E-state index in [1.54, 1.807) is 17.0 Å². The number of H-pyrrole nitrogens is 1. The smallest absolute Gasteiger partial charge is 0.295 e. The molecular formula is C28H35ClN2O2. The number of ketones is 1. The number of halogens is 1. The molecule has 0 bridgehead atoms. The maximum atomic E-state index is 13.7. The highest BCUT2D eigenvalue weighted by Crippen LogP contribution is 2.32. The highest BCUT2D eigenvalue weighted by atomic mass is 35.5. The third-order valence-electron chi connectivity index (χ3n) is 6.11. The fourth-order valence-electron chi connectivity index (χ4n) is 4.24. The molecule has 0 atom stereocenters. The summed E-state index contributed by atoms with van der Waals surface area (Å²) in [6.45, 7) is 5.61. The topological polar surface area (TPSA) is 53.2 Å². The zero-order valence-corrected chi connectivity index (χ0v) is 20.6. The van der Waals surface area contributed by atoms with Gasteiger partial charge in [-0.2, -0.15) is 0 Å². The first-order chi connectivity index (χ1) is 16.1. The molecule has 0 spiro atoms. The van der Waals surface area contributed by atoms with E-state index >= 15 is 0 Å². The molecule has 4 nitrogen and oxygen atoms in total. The third kappa shape index (κ3) is 6.48. The first-order valence-electron chi connectivity index (χ1n) is 12.3. The lowest BCUT2D eigenvalue weighted by atomic mass is 10.0. The van der Waals surface area contributed by atoms with Crippen LogP contribution in [0, 0.1) is 0 Å². The molecule has 0 aliphatic rings. The number of aromatic amines is 1. The molecule has 1 heterocycles. The number of fused-ring (bicyclic) bond motifs is 1. The van der Waals surface area contributed by atoms with Gasteiger partial charge in [0, 0.05) is 29.0 Å². The van der Waals surface area contributed by atoms with Crippen molar-refractivity contribution in [1.82, 2.24) is 9.88 Å². The summed E-state index contributed by atoms with van der Waals surface area (Å²) in [5.74, 6) is -0.841. The molecule has 3 rings (SSSR count). The lowest BCUT2D eigenvalue weighted by Crippen LogP contribution is -2.38. The van der Waals surface area contributed by atoms with Crippen molar-refractivity contribution in [3.63, 3.8) is 0 Å². The highest BCUT2D eigenvalue weighted by molar-refractivity contribution is 6.46. The second-order valence-electron chi connectivity index (χ2n) is 8.67. The van der Waals surface area contributed by atoms with Gasteiger partial charge in [-0.25, -0.2) is 0 Å². The third-order valence-corrected chi connectivity index (χ3v) is 6.36. The number of hydrogen-bond donors (Lipinski definition) is 1. The van der Waals surface area contributed by atoms with Crippen molar-refractivity contribution < 1.29 is 9.59 Å². The Morgan fingerprint density at radius 2 is 1.42 bits per heavy atom. The monoisotopic (exact) mass is 466 g/mol. The normalized spacial score (nSPS) is 11.1. The molecule has 0 aliphatic carbocycles. The fraction of sp³-hybridized carbons (Fsp3) is 0.429. The lowest BCUT2D eigenvalue weighted by molar-refractivity contribution is -0.126. The van der Waals surface area contributed by atoms with Crippen LogP contribution in [0.15, 0.2) is 48.5 Å². The number of Topliss-reactive ketones (excluding diaryl/α,β-unsaturated/α-hetero) is 1. The molecule has 176 valence electrons. The van der Waals surface area contributed by atoms with Gasteiger partial charge in [-0.15, -0.1) is 0 Å². The summed E-state index contributed by atoms with van der Waals surface area (Å²) in [7, 11) is 0. The summed E-state index contributed by atoms with van der Waals surface area (Å²) < 4.78 is 0. The van der Waals surface area contributed by atoms with Crippen molar-refractivity contribution in [3.8, 4) is 11.3 Å². The van der Waals surface area contributed by atoms with Crippen LogP contribution in [0.25, 0.3) is 22.2 Å². The van der Waals surface area contributed by atoms with Crippen molar-refractivity contribution in [1.29, 1.82) is 0 Å². The number of para-hydroxylation sites is 1. The van der Waals surface area contributed by atoms with E-state index in [0.717, 1.165) is 67.8 Å². The Balaban J connectivity index is 1.91. The molecule has 0 unspecified atom stereocenters. The van der Waals surface area contributed by atoms with Gasteiger partial charge in [-0.05, 0) is 36.6 Å². The van der Waals surface area contributed by atoms with Gasteiger partial charge in [0.2, 0.25) is 0 Å². The largest absolute Gasteiger partial charge is 0.354 e. The second-order valence-corrected chi connectivity index (χ2v) is 9.11. The average Bonchev–Trinajstić information content (AvgIpc) is 3.22. The molecule has 5 heteroatoms. The minimum Gasteiger partial charge on any atom is -0.354 e. The minimum atomic E-state index is -0.441. The van der Waals surface area contributed by atoms with E-state index in [1.807, 2.05) is 36.4 Å². The molecule has 3 aromatic rings. The van der Waals surface area contributed by atoms with Crippen LogP contribution in [0.4, 0.5) is 0 Å². The van der Waals surface area contributed by atoms with Gasteiger partial charge in [0.25, 0.3) is 11.7 Å². The summed E-state index contributed by atoms with van der Waals surface area (Å²) in [5.41, 5.74) is 2.80. The maximum absolute atomic E-state index is 13.7. The van der Waals surface area contributed by atoms with Crippen LogP contribution in [0.2, 0.25) is 5.02 Å². The quantitative estimate of drug-likeness (QED) is 0.160. The summed E-state index contributed by atoms with van der Waals surface area (Å²) in [6.07, 6.45) is 8.59. The van der Waals surface area contributed by atoms with Crippen molar-refractivity contribution in [2.75, 3.05) is 13.1 Å². The molecule has 0 fully saturated rings. The Bertz CT molecular complexity index is 1040. The van der Waals surface area contributed by atoms with E-state index in [9.17, 15) is 9.59 Å². The number of aromatic nitrogens is 1. The molecular weight excluding hydrogens is 432 g/mol. The minimum absolute atomic E-state index is 0.400. The van der Waals surface area contributed by atoms with Crippen molar-refractivity contribution in [3.05, 3.63) is 59.1 Å². The molecule has 0 saturated heterocycles. The Labute approximate surface area is 202 Å². The van der Waals surface area contributed by atoms with Gasteiger partial charge in [-0.3, -0.25) is 9.59 Å². The van der Waals surface area contributed by atoms with E-state index in [-0.39, 0.29) is 0 Å². The zero-order chi connectivity index (χ0) is 23.6. The molecule has 33 heavy (non-hydrogen) atoms. The molecule has 0 aliphatic heterocycles. The summed E-state index contributed by atoms with van der Waals surface area (Å²) in [4.78, 5) is 32.3. The Morgan fingerprint density at radius 1 is 0.818 bits per heavy atom. The SMILES string of the molecule is CCCCCCN(CCCCCC)C(=O)C(=O)c1c(-c2ccc(Cl)cc2)[nH]c2ccccc12. The first-order valence-corrected chi connectivity index (χ1v) is 12.6. The zero-order valence-electron chi connectivity index (χ0n) is 19.8. The van der Waals surface area contributed by atoms with E-state index < -0.39 is 11.7 Å². The fourth-order valence-corrected chi connectivity index (χ4v) is 4.36. The number of benzene rings is 2. The standard InChI is InChI=1S/C28H35ClN2O2/c1-3-5-7-11-19-31(20-12-8-6-4-2)28(33)27(32)25-23-13-9-10-14-24(23)30-26(25)21-15-17-22(29)18-16-21/h9-10,13-18,30H,3-8,11-12,19-20H2,1-2H3. The van der Waals surface area contributed by atoms with Crippen LogP contribution in [0.1, 0.15) is 75.6 Å². The van der Waals surface area contributed by atoms with Crippen LogP contribution >= 0.6 is 11.6 Å². The van der Waals surface area contributed by atoms with Crippen molar-refractivity contribution >= 4 is 34.2 Å². The molecule has 1 aromatic heterocycles. The van der Waals surface area contributed by atoms with Crippen LogP contribution in [0.3, 0.4) is 0 Å². The van der Waals surface area contributed by atoms with E-state index in [2.05, 4.69) is 18.8 Å². The second kappa shape index (κ2) is 12.6. The number of rotatable bonds is 13. The van der Waals surface area contributed by atoms with Crippen molar-refractivity contribution in [2.45, 2.75) is 65.2 Å². The summed E-state index contributed by atoms with van der Waals surface area (Å²) in [5, 5.41) is 1.40. The predicted octanol–water partition coefficient (Wildman–Crippen LogP) is 7.66. The summed E-state index contributed by atoms with van der Waals surface area (Å²) in [6, 6.07) is 15.0. The van der Waals surface area contributed by atoms with Crippen molar-refractivity contribution in [2.24, 2.45) is 0 Å². The Hall–Kier alpha value is -2.59. The Morgan fingerprint density at radius 3 is 2.03 bits per heavy atom. The highest BCUT2D eigenvalue weighted by Gasteiger charge is 2.28. The molecule has 1 N–H and O–H groups in total. The van der Waals surface area contributed by atoms with Gasteiger partial charge < -0.3 is 9.88 Å².